The first kappa shape index (κ1) is 15.6. The van der Waals surface area contributed by atoms with Crippen molar-refractivity contribution in [1.82, 2.24) is 10.0 Å². The minimum absolute atomic E-state index is 0.107. The molecule has 7 heteroatoms. The molecule has 106 valence electrons. The third-order valence-electron chi connectivity index (χ3n) is 2.86. The van der Waals surface area contributed by atoms with Crippen LogP contribution in [0.15, 0.2) is 29.2 Å². The molecule has 0 heterocycles. The van der Waals surface area contributed by atoms with Crippen LogP contribution in [0.3, 0.4) is 0 Å². The maximum absolute atomic E-state index is 12.0. The van der Waals surface area contributed by atoms with Crippen molar-refractivity contribution in [3.05, 3.63) is 24.3 Å². The predicted molar refractivity (Wildman–Crippen MR) is 74.5 cm³/mol. The van der Waals surface area contributed by atoms with Crippen LogP contribution in [-0.2, 0) is 14.8 Å². The average molecular weight is 285 g/mol. The standard InChI is InChI=1S/C12H19N3O3S/c1-12(2,13-3)11(16)15-9-6-5-7-10(8-9)19(17,18)14-4/h5-8,13-14H,1-4H3,(H,15,16). The van der Waals surface area contributed by atoms with Crippen LogP contribution in [0.25, 0.3) is 0 Å². The van der Waals surface area contributed by atoms with Crippen LogP contribution < -0.4 is 15.4 Å². The minimum atomic E-state index is -3.51. The number of hydrogen-bond donors (Lipinski definition) is 3. The van der Waals surface area contributed by atoms with E-state index in [1.807, 2.05) is 0 Å². The highest BCUT2D eigenvalue weighted by molar-refractivity contribution is 7.89. The summed E-state index contributed by atoms with van der Waals surface area (Å²) in [4.78, 5) is 12.1. The summed E-state index contributed by atoms with van der Waals surface area (Å²) in [6, 6.07) is 6.09. The van der Waals surface area contributed by atoms with Crippen LogP contribution in [0.1, 0.15) is 13.8 Å². The van der Waals surface area contributed by atoms with E-state index in [9.17, 15) is 13.2 Å². The van der Waals surface area contributed by atoms with Crippen LogP contribution in [0.2, 0.25) is 0 Å². The van der Waals surface area contributed by atoms with Crippen LogP contribution in [0.5, 0.6) is 0 Å². The zero-order valence-corrected chi connectivity index (χ0v) is 12.3. The van der Waals surface area contributed by atoms with Crippen molar-refractivity contribution >= 4 is 21.6 Å². The van der Waals surface area contributed by atoms with Gasteiger partial charge in [0.05, 0.1) is 10.4 Å². The summed E-state index contributed by atoms with van der Waals surface area (Å²) in [7, 11) is -0.494. The number of nitrogens with one attached hydrogen (secondary N) is 3. The second-order valence-electron chi connectivity index (χ2n) is 4.56. The first-order valence-electron chi connectivity index (χ1n) is 5.77. The molecule has 0 aliphatic rings. The van der Waals surface area contributed by atoms with Gasteiger partial charge in [-0.15, -0.1) is 0 Å². The molecule has 0 bridgehead atoms. The van der Waals surface area contributed by atoms with Crippen LogP contribution in [-0.4, -0.2) is 34.0 Å². The number of hydrogen-bond acceptors (Lipinski definition) is 4. The van der Waals surface area contributed by atoms with Gasteiger partial charge in [-0.2, -0.15) is 0 Å². The molecule has 6 nitrogen and oxygen atoms in total. The van der Waals surface area contributed by atoms with Gasteiger partial charge in [0.1, 0.15) is 0 Å². The lowest BCUT2D eigenvalue weighted by Gasteiger charge is -2.22. The number of sulfonamides is 1. The Labute approximate surface area is 113 Å². The molecule has 0 radical (unpaired) electrons. The summed E-state index contributed by atoms with van der Waals surface area (Å²) in [5, 5.41) is 5.55. The highest BCUT2D eigenvalue weighted by atomic mass is 32.2. The van der Waals surface area contributed by atoms with E-state index in [0.717, 1.165) is 0 Å². The molecule has 0 saturated carbocycles. The predicted octanol–water partition coefficient (Wildman–Crippen LogP) is 0.531. The van der Waals surface area contributed by atoms with Gasteiger partial charge in [-0.1, -0.05) is 6.07 Å². The summed E-state index contributed by atoms with van der Waals surface area (Å²) < 4.78 is 25.5. The Kier molecular flexibility index (Phi) is 4.67. The number of amides is 1. The first-order chi connectivity index (χ1) is 8.73. The Hall–Kier alpha value is -1.44. The number of anilines is 1. The first-order valence-corrected chi connectivity index (χ1v) is 7.25. The van der Waals surface area contributed by atoms with E-state index in [1.54, 1.807) is 33.0 Å². The lowest BCUT2D eigenvalue weighted by molar-refractivity contribution is -0.121. The van der Waals surface area contributed by atoms with E-state index in [2.05, 4.69) is 15.4 Å². The van der Waals surface area contributed by atoms with E-state index in [4.69, 9.17) is 0 Å². The molecule has 0 unspecified atom stereocenters. The highest BCUT2D eigenvalue weighted by Crippen LogP contribution is 2.16. The fourth-order valence-electron chi connectivity index (χ4n) is 1.26. The molecule has 1 amide bonds. The number of likely N-dealkylation sites (N-methyl/N-ethyl adjacent to an activating group) is 1. The van der Waals surface area contributed by atoms with E-state index < -0.39 is 15.6 Å². The zero-order valence-electron chi connectivity index (χ0n) is 11.4. The Morgan fingerprint density at radius 3 is 2.37 bits per heavy atom. The molecule has 0 saturated heterocycles. The molecule has 0 atom stereocenters. The lowest BCUT2D eigenvalue weighted by Crippen LogP contribution is -2.47. The number of carbonyl (C=O) groups excluding carboxylic acids is 1. The van der Waals surface area contributed by atoms with E-state index in [0.29, 0.717) is 5.69 Å². The zero-order chi connectivity index (χ0) is 14.7. The summed E-state index contributed by atoms with van der Waals surface area (Å²) in [6.45, 7) is 3.47. The Bertz CT molecular complexity index is 567. The molecule has 3 N–H and O–H groups in total. The molecule has 0 aliphatic carbocycles. The second-order valence-corrected chi connectivity index (χ2v) is 6.45. The molecule has 0 aliphatic heterocycles. The summed E-state index contributed by atoms with van der Waals surface area (Å²) in [5.74, 6) is -0.242. The average Bonchev–Trinajstić information content (AvgIpc) is 2.39. The van der Waals surface area contributed by atoms with Gasteiger partial charge < -0.3 is 10.6 Å². The maximum atomic E-state index is 12.0. The van der Waals surface area contributed by atoms with Gasteiger partial charge in [0.2, 0.25) is 15.9 Å². The largest absolute Gasteiger partial charge is 0.324 e. The molecular formula is C12H19N3O3S. The normalized spacial score (nSPS) is 12.2. The number of benzene rings is 1. The monoisotopic (exact) mass is 285 g/mol. The fourth-order valence-corrected chi connectivity index (χ4v) is 2.04. The van der Waals surface area contributed by atoms with Crippen molar-refractivity contribution < 1.29 is 13.2 Å². The molecule has 1 aromatic carbocycles. The topological polar surface area (TPSA) is 87.3 Å². The summed E-state index contributed by atoms with van der Waals surface area (Å²) in [6.07, 6.45) is 0. The molecule has 1 rings (SSSR count). The third kappa shape index (κ3) is 3.76. The van der Waals surface area contributed by atoms with Crippen LogP contribution in [0.4, 0.5) is 5.69 Å². The molecule has 19 heavy (non-hydrogen) atoms. The van der Waals surface area contributed by atoms with Crippen molar-refractivity contribution in [1.29, 1.82) is 0 Å². The molecule has 0 spiro atoms. The number of rotatable bonds is 5. The van der Waals surface area contributed by atoms with Crippen molar-refractivity contribution in [2.75, 3.05) is 19.4 Å². The van der Waals surface area contributed by atoms with Gasteiger partial charge in [-0.25, -0.2) is 13.1 Å². The number of carbonyl (C=O) groups is 1. The smallest absolute Gasteiger partial charge is 0.244 e. The summed E-state index contributed by atoms with van der Waals surface area (Å²) in [5.41, 5.74) is -0.303. The van der Waals surface area contributed by atoms with Crippen molar-refractivity contribution in [2.45, 2.75) is 24.3 Å². The van der Waals surface area contributed by atoms with Crippen LogP contribution in [0, 0.1) is 0 Å². The molecule has 0 aromatic heterocycles. The van der Waals surface area contributed by atoms with E-state index >= 15 is 0 Å². The third-order valence-corrected chi connectivity index (χ3v) is 4.28. The Balaban J connectivity index is 3.00. The minimum Gasteiger partial charge on any atom is -0.324 e. The quantitative estimate of drug-likeness (QED) is 0.736. The Morgan fingerprint density at radius 2 is 1.84 bits per heavy atom. The van der Waals surface area contributed by atoms with Crippen LogP contribution >= 0.6 is 0 Å². The van der Waals surface area contributed by atoms with E-state index in [-0.39, 0.29) is 10.8 Å². The van der Waals surface area contributed by atoms with Gasteiger partial charge in [-0.05, 0) is 46.1 Å². The van der Waals surface area contributed by atoms with Crippen molar-refractivity contribution in [3.8, 4) is 0 Å². The summed E-state index contributed by atoms with van der Waals surface area (Å²) >= 11 is 0. The van der Waals surface area contributed by atoms with Gasteiger partial charge in [0, 0.05) is 5.69 Å². The maximum Gasteiger partial charge on any atom is 0.244 e. The van der Waals surface area contributed by atoms with Gasteiger partial charge in [-0.3, -0.25) is 4.79 Å². The van der Waals surface area contributed by atoms with Gasteiger partial charge in [0.15, 0.2) is 0 Å². The van der Waals surface area contributed by atoms with E-state index in [1.165, 1.54) is 19.2 Å². The van der Waals surface area contributed by atoms with Crippen molar-refractivity contribution in [3.63, 3.8) is 0 Å². The van der Waals surface area contributed by atoms with Crippen molar-refractivity contribution in [2.24, 2.45) is 0 Å². The Morgan fingerprint density at radius 1 is 1.21 bits per heavy atom. The van der Waals surface area contributed by atoms with Gasteiger partial charge >= 0.3 is 0 Å². The van der Waals surface area contributed by atoms with Gasteiger partial charge in [0.25, 0.3) is 0 Å². The molecule has 0 fully saturated rings. The second kappa shape index (κ2) is 5.68. The molecular weight excluding hydrogens is 266 g/mol. The highest BCUT2D eigenvalue weighted by Gasteiger charge is 2.25. The fraction of sp³-hybridized carbons (Fsp3) is 0.417. The SMILES string of the molecule is CNC(C)(C)C(=O)Nc1cccc(S(=O)(=O)NC)c1. The lowest BCUT2D eigenvalue weighted by atomic mass is 10.1. The molecule has 1 aromatic rings.